The lowest BCUT2D eigenvalue weighted by Crippen LogP contribution is -2.30. The molecule has 0 aromatic heterocycles. The molecule has 3 rings (SSSR count). The molecule has 0 heterocycles. The summed E-state index contributed by atoms with van der Waals surface area (Å²) in [6, 6.07) is 11.9. The highest BCUT2D eigenvalue weighted by Crippen LogP contribution is 2.44. The van der Waals surface area contributed by atoms with Gasteiger partial charge >= 0.3 is 7.12 Å². The molecular formula is C14H12BBrO2. The van der Waals surface area contributed by atoms with E-state index < -0.39 is 7.12 Å². The molecule has 1 aliphatic carbocycles. The molecule has 1 atom stereocenters. The van der Waals surface area contributed by atoms with Crippen molar-refractivity contribution >= 4 is 28.5 Å². The van der Waals surface area contributed by atoms with Crippen molar-refractivity contribution < 1.29 is 10.0 Å². The predicted octanol–water partition coefficient (Wildman–Crippen LogP) is 2.26. The second kappa shape index (κ2) is 4.23. The Labute approximate surface area is 115 Å². The third-order valence-corrected chi connectivity index (χ3v) is 4.10. The third kappa shape index (κ3) is 1.72. The number of rotatable bonds is 1. The Hall–Kier alpha value is -1.10. The molecule has 90 valence electrons. The fourth-order valence-electron chi connectivity index (χ4n) is 2.65. The highest BCUT2D eigenvalue weighted by Gasteiger charge is 2.26. The monoisotopic (exact) mass is 302 g/mol. The Balaban J connectivity index is 2.20. The molecule has 0 saturated heterocycles. The van der Waals surface area contributed by atoms with E-state index in [4.69, 9.17) is 0 Å². The second-order valence-electron chi connectivity index (χ2n) is 4.67. The first-order chi connectivity index (χ1) is 8.58. The molecule has 2 nitrogen and oxygen atoms in total. The van der Waals surface area contributed by atoms with Crippen LogP contribution < -0.4 is 5.46 Å². The van der Waals surface area contributed by atoms with E-state index in [2.05, 4.69) is 35.0 Å². The molecular weight excluding hydrogens is 291 g/mol. The van der Waals surface area contributed by atoms with Crippen LogP contribution in [0.4, 0.5) is 0 Å². The van der Waals surface area contributed by atoms with Crippen LogP contribution in [0.15, 0.2) is 40.9 Å². The van der Waals surface area contributed by atoms with Crippen molar-refractivity contribution in [3.05, 3.63) is 52.0 Å². The van der Waals surface area contributed by atoms with Gasteiger partial charge in [0, 0.05) is 10.4 Å². The van der Waals surface area contributed by atoms with Crippen molar-refractivity contribution in [2.75, 3.05) is 0 Å². The molecule has 2 aromatic rings. The van der Waals surface area contributed by atoms with E-state index in [1.165, 1.54) is 16.7 Å². The fraction of sp³-hybridized carbons (Fsp3) is 0.143. The number of benzene rings is 2. The summed E-state index contributed by atoms with van der Waals surface area (Å²) in [5.74, 6) is 0.284. The largest absolute Gasteiger partial charge is 0.488 e. The molecule has 0 aliphatic heterocycles. The van der Waals surface area contributed by atoms with Crippen LogP contribution in [0, 0.1) is 0 Å². The average Bonchev–Trinajstić information content (AvgIpc) is 2.62. The zero-order valence-electron chi connectivity index (χ0n) is 9.89. The Morgan fingerprint density at radius 1 is 1.00 bits per heavy atom. The lowest BCUT2D eigenvalue weighted by molar-refractivity contribution is 0.425. The van der Waals surface area contributed by atoms with E-state index in [0.717, 1.165) is 10.0 Å². The second-order valence-corrected chi connectivity index (χ2v) is 5.59. The molecule has 0 fully saturated rings. The predicted molar refractivity (Wildman–Crippen MR) is 76.9 cm³/mol. The molecule has 0 amide bonds. The molecule has 0 saturated carbocycles. The van der Waals surface area contributed by atoms with Gasteiger partial charge in [-0.1, -0.05) is 47.1 Å². The van der Waals surface area contributed by atoms with Crippen LogP contribution in [0.5, 0.6) is 0 Å². The van der Waals surface area contributed by atoms with Crippen LogP contribution in [-0.4, -0.2) is 17.2 Å². The van der Waals surface area contributed by atoms with Gasteiger partial charge in [0.25, 0.3) is 0 Å². The maximum absolute atomic E-state index is 9.25. The third-order valence-electron chi connectivity index (χ3n) is 3.61. The summed E-state index contributed by atoms with van der Waals surface area (Å²) in [4.78, 5) is 0. The van der Waals surface area contributed by atoms with E-state index >= 15 is 0 Å². The highest BCUT2D eigenvalue weighted by atomic mass is 79.9. The van der Waals surface area contributed by atoms with Crippen molar-refractivity contribution in [1.29, 1.82) is 0 Å². The van der Waals surface area contributed by atoms with Crippen LogP contribution in [0.2, 0.25) is 0 Å². The van der Waals surface area contributed by atoms with Gasteiger partial charge in [-0.05, 0) is 39.8 Å². The summed E-state index contributed by atoms with van der Waals surface area (Å²) >= 11 is 3.49. The number of hydrogen-bond donors (Lipinski definition) is 2. The van der Waals surface area contributed by atoms with Gasteiger partial charge in [0.15, 0.2) is 0 Å². The molecule has 0 radical (unpaired) electrons. The molecule has 0 bridgehead atoms. The van der Waals surface area contributed by atoms with Crippen molar-refractivity contribution in [1.82, 2.24) is 0 Å². The van der Waals surface area contributed by atoms with Gasteiger partial charge in [-0.3, -0.25) is 0 Å². The van der Waals surface area contributed by atoms with E-state index in [0.29, 0.717) is 5.46 Å². The topological polar surface area (TPSA) is 40.5 Å². The van der Waals surface area contributed by atoms with E-state index in [1.807, 2.05) is 18.2 Å². The van der Waals surface area contributed by atoms with Gasteiger partial charge in [-0.15, -0.1) is 0 Å². The van der Waals surface area contributed by atoms with Crippen LogP contribution in [-0.2, 0) is 0 Å². The van der Waals surface area contributed by atoms with Crippen LogP contribution in [0.3, 0.4) is 0 Å². The van der Waals surface area contributed by atoms with Gasteiger partial charge in [-0.2, -0.15) is 0 Å². The molecule has 18 heavy (non-hydrogen) atoms. The highest BCUT2D eigenvalue weighted by molar-refractivity contribution is 9.10. The fourth-order valence-corrected chi connectivity index (χ4v) is 3.03. The van der Waals surface area contributed by atoms with Gasteiger partial charge in [-0.25, -0.2) is 0 Å². The zero-order chi connectivity index (χ0) is 12.9. The molecule has 2 aromatic carbocycles. The Bertz CT molecular complexity index is 625. The van der Waals surface area contributed by atoms with Crippen LogP contribution >= 0.6 is 15.9 Å². The van der Waals surface area contributed by atoms with E-state index in [-0.39, 0.29) is 5.92 Å². The quantitative estimate of drug-likeness (QED) is 0.793. The lowest BCUT2D eigenvalue weighted by Gasteiger charge is -2.08. The van der Waals surface area contributed by atoms with Crippen LogP contribution in [0.25, 0.3) is 11.1 Å². The summed E-state index contributed by atoms with van der Waals surface area (Å²) in [6.45, 7) is 2.14. The van der Waals surface area contributed by atoms with Gasteiger partial charge in [0.1, 0.15) is 0 Å². The minimum atomic E-state index is -1.40. The number of hydrogen-bond acceptors (Lipinski definition) is 2. The summed E-state index contributed by atoms with van der Waals surface area (Å²) < 4.78 is 1.07. The van der Waals surface area contributed by atoms with Crippen molar-refractivity contribution in [2.45, 2.75) is 12.8 Å². The van der Waals surface area contributed by atoms with Crippen molar-refractivity contribution in [3.8, 4) is 11.1 Å². The molecule has 2 N–H and O–H groups in total. The SMILES string of the molecule is CC1c2cc(Br)ccc2-c2ccc(B(O)O)cc21. The first kappa shape index (κ1) is 12.0. The summed E-state index contributed by atoms with van der Waals surface area (Å²) in [6.07, 6.45) is 0. The first-order valence-electron chi connectivity index (χ1n) is 5.87. The van der Waals surface area contributed by atoms with Gasteiger partial charge in [0.2, 0.25) is 0 Å². The zero-order valence-corrected chi connectivity index (χ0v) is 11.5. The van der Waals surface area contributed by atoms with E-state index in [1.54, 1.807) is 6.07 Å². The molecule has 1 aliphatic rings. The molecule has 1 unspecified atom stereocenters. The lowest BCUT2D eigenvalue weighted by atomic mass is 9.78. The van der Waals surface area contributed by atoms with Gasteiger partial charge < -0.3 is 10.0 Å². The number of fused-ring (bicyclic) bond motifs is 3. The smallest absolute Gasteiger partial charge is 0.423 e. The maximum Gasteiger partial charge on any atom is 0.488 e. The summed E-state index contributed by atoms with van der Waals surface area (Å²) in [5, 5.41) is 18.5. The standard InChI is InChI=1S/C14H12BBrO2/c1-8-13-6-9(15(17)18)2-4-11(13)12-5-3-10(16)7-14(8)12/h2-8,17-18H,1H3. The number of halogens is 1. The Kier molecular flexibility index (Phi) is 2.81. The maximum atomic E-state index is 9.25. The Morgan fingerprint density at radius 2 is 1.61 bits per heavy atom. The molecule has 0 spiro atoms. The van der Waals surface area contributed by atoms with Crippen LogP contribution in [0.1, 0.15) is 24.0 Å². The molecule has 4 heteroatoms. The Morgan fingerprint density at radius 3 is 2.28 bits per heavy atom. The van der Waals surface area contributed by atoms with Crippen molar-refractivity contribution in [3.63, 3.8) is 0 Å². The summed E-state index contributed by atoms with van der Waals surface area (Å²) in [5.41, 5.74) is 5.42. The first-order valence-corrected chi connectivity index (χ1v) is 6.67. The minimum absolute atomic E-state index is 0.284. The van der Waals surface area contributed by atoms with E-state index in [9.17, 15) is 10.0 Å². The normalized spacial score (nSPS) is 16.3. The average molecular weight is 303 g/mol. The minimum Gasteiger partial charge on any atom is -0.423 e. The van der Waals surface area contributed by atoms with Gasteiger partial charge in [0.05, 0.1) is 0 Å². The van der Waals surface area contributed by atoms with Crippen molar-refractivity contribution in [2.24, 2.45) is 0 Å². The summed E-state index contributed by atoms with van der Waals surface area (Å²) in [7, 11) is -1.40.